The number of nitrogens with zero attached hydrogens (tertiary/aromatic N) is 2. The molecule has 0 spiro atoms. The summed E-state index contributed by atoms with van der Waals surface area (Å²) >= 11 is 0. The number of rotatable bonds is 3. The van der Waals surface area contributed by atoms with E-state index in [1.165, 1.54) is 6.39 Å². The number of hydrogen-bond donors (Lipinski definition) is 0. The van der Waals surface area contributed by atoms with Gasteiger partial charge in [-0.2, -0.15) is 0 Å². The Morgan fingerprint density at radius 2 is 2.47 bits per heavy atom. The van der Waals surface area contributed by atoms with Gasteiger partial charge in [0.25, 0.3) is 0 Å². The summed E-state index contributed by atoms with van der Waals surface area (Å²) in [5.41, 5.74) is 0.946. The molecular formula is C11H16N2O2. The molecule has 2 heterocycles. The van der Waals surface area contributed by atoms with E-state index in [4.69, 9.17) is 4.42 Å². The molecule has 1 aromatic rings. The van der Waals surface area contributed by atoms with Crippen molar-refractivity contribution in [3.8, 4) is 0 Å². The van der Waals surface area contributed by atoms with Gasteiger partial charge in [0.2, 0.25) is 5.91 Å². The second kappa shape index (κ2) is 4.04. The van der Waals surface area contributed by atoms with Crippen LogP contribution in [-0.4, -0.2) is 29.4 Å². The zero-order valence-corrected chi connectivity index (χ0v) is 9.14. The van der Waals surface area contributed by atoms with E-state index in [0.717, 1.165) is 25.1 Å². The second-order valence-corrected chi connectivity index (χ2v) is 4.18. The van der Waals surface area contributed by atoms with Gasteiger partial charge in [-0.3, -0.25) is 4.79 Å². The van der Waals surface area contributed by atoms with Crippen LogP contribution in [0.5, 0.6) is 0 Å². The van der Waals surface area contributed by atoms with E-state index in [2.05, 4.69) is 11.9 Å². The largest absolute Gasteiger partial charge is 0.451 e. The molecule has 1 aliphatic rings. The summed E-state index contributed by atoms with van der Waals surface area (Å²) in [7, 11) is 1.87. The summed E-state index contributed by atoms with van der Waals surface area (Å²) in [6.45, 7) is 2.90. The van der Waals surface area contributed by atoms with E-state index >= 15 is 0 Å². The maximum atomic E-state index is 11.8. The first-order valence-electron chi connectivity index (χ1n) is 5.34. The molecule has 2 rings (SSSR count). The summed E-state index contributed by atoms with van der Waals surface area (Å²) in [6.07, 6.45) is 4.85. The SMILES string of the molecule is CCC1C(=O)N(C)CC1Cc1cocn1. The first-order valence-corrected chi connectivity index (χ1v) is 5.34. The van der Waals surface area contributed by atoms with Crippen molar-refractivity contribution in [3.63, 3.8) is 0 Å². The maximum Gasteiger partial charge on any atom is 0.225 e. The third kappa shape index (κ3) is 1.89. The van der Waals surface area contributed by atoms with Crippen molar-refractivity contribution in [1.82, 2.24) is 9.88 Å². The Labute approximate surface area is 89.3 Å². The minimum Gasteiger partial charge on any atom is -0.451 e. The van der Waals surface area contributed by atoms with Crippen LogP contribution in [0.15, 0.2) is 17.1 Å². The average Bonchev–Trinajstić information content (AvgIpc) is 2.78. The molecule has 15 heavy (non-hydrogen) atoms. The maximum absolute atomic E-state index is 11.8. The van der Waals surface area contributed by atoms with Crippen LogP contribution in [0.25, 0.3) is 0 Å². The lowest BCUT2D eigenvalue weighted by Crippen LogP contribution is -2.22. The molecule has 4 heteroatoms. The molecule has 0 radical (unpaired) electrons. The summed E-state index contributed by atoms with van der Waals surface area (Å²) in [6, 6.07) is 0. The van der Waals surface area contributed by atoms with Gasteiger partial charge < -0.3 is 9.32 Å². The van der Waals surface area contributed by atoms with Crippen molar-refractivity contribution in [2.75, 3.05) is 13.6 Å². The monoisotopic (exact) mass is 208 g/mol. The summed E-state index contributed by atoms with van der Waals surface area (Å²) < 4.78 is 4.94. The van der Waals surface area contributed by atoms with E-state index < -0.39 is 0 Å². The van der Waals surface area contributed by atoms with Gasteiger partial charge >= 0.3 is 0 Å². The number of amides is 1. The summed E-state index contributed by atoms with van der Waals surface area (Å²) in [4.78, 5) is 17.7. The Morgan fingerprint density at radius 3 is 3.07 bits per heavy atom. The van der Waals surface area contributed by atoms with E-state index in [1.54, 1.807) is 6.26 Å². The average molecular weight is 208 g/mol. The lowest BCUT2D eigenvalue weighted by atomic mass is 9.89. The Hall–Kier alpha value is -1.32. The number of carbonyl (C=O) groups is 1. The topological polar surface area (TPSA) is 46.3 Å². The van der Waals surface area contributed by atoms with E-state index in [9.17, 15) is 4.79 Å². The van der Waals surface area contributed by atoms with Gasteiger partial charge in [-0.15, -0.1) is 0 Å². The fraction of sp³-hybridized carbons (Fsp3) is 0.636. The van der Waals surface area contributed by atoms with Gasteiger partial charge in [0.1, 0.15) is 6.26 Å². The van der Waals surface area contributed by atoms with Crippen molar-refractivity contribution >= 4 is 5.91 Å². The zero-order chi connectivity index (χ0) is 10.8. The summed E-state index contributed by atoms with van der Waals surface area (Å²) in [5, 5.41) is 0. The fourth-order valence-corrected chi connectivity index (χ4v) is 2.38. The molecule has 0 aromatic carbocycles. The fourth-order valence-electron chi connectivity index (χ4n) is 2.38. The van der Waals surface area contributed by atoms with E-state index in [-0.39, 0.29) is 11.8 Å². The predicted octanol–water partition coefficient (Wildman–Crippen LogP) is 1.33. The molecule has 1 amide bonds. The van der Waals surface area contributed by atoms with E-state index in [0.29, 0.717) is 5.92 Å². The third-order valence-corrected chi connectivity index (χ3v) is 3.17. The minimum atomic E-state index is 0.159. The highest BCUT2D eigenvalue weighted by Gasteiger charge is 2.37. The molecule has 1 saturated heterocycles. The Kier molecular flexibility index (Phi) is 2.75. The first kappa shape index (κ1) is 10.2. The number of aromatic nitrogens is 1. The molecule has 2 atom stereocenters. The predicted molar refractivity (Wildman–Crippen MR) is 55.1 cm³/mol. The molecule has 1 aliphatic heterocycles. The highest BCUT2D eigenvalue weighted by atomic mass is 16.3. The Bertz CT molecular complexity index is 334. The van der Waals surface area contributed by atoms with Crippen LogP contribution < -0.4 is 0 Å². The normalized spacial score (nSPS) is 26.3. The van der Waals surface area contributed by atoms with Crippen LogP contribution >= 0.6 is 0 Å². The van der Waals surface area contributed by atoms with Crippen molar-refractivity contribution in [2.45, 2.75) is 19.8 Å². The standard InChI is InChI=1S/C11H16N2O2/c1-3-10-8(5-13(2)11(10)14)4-9-6-15-7-12-9/h6-8,10H,3-5H2,1-2H3. The molecule has 1 fully saturated rings. The molecular weight excluding hydrogens is 192 g/mol. The van der Waals surface area contributed by atoms with Crippen LogP contribution in [0.1, 0.15) is 19.0 Å². The highest BCUT2D eigenvalue weighted by Crippen LogP contribution is 2.28. The van der Waals surface area contributed by atoms with Gasteiger partial charge in [-0.05, 0) is 18.8 Å². The van der Waals surface area contributed by atoms with Gasteiger partial charge in [-0.25, -0.2) is 4.98 Å². The van der Waals surface area contributed by atoms with Crippen molar-refractivity contribution < 1.29 is 9.21 Å². The number of hydrogen-bond acceptors (Lipinski definition) is 3. The molecule has 82 valence electrons. The van der Waals surface area contributed by atoms with Gasteiger partial charge in [-0.1, -0.05) is 6.92 Å². The Morgan fingerprint density at radius 1 is 1.67 bits per heavy atom. The molecule has 0 aliphatic carbocycles. The van der Waals surface area contributed by atoms with Crippen LogP contribution in [0.2, 0.25) is 0 Å². The number of carbonyl (C=O) groups excluding carboxylic acids is 1. The summed E-state index contributed by atoms with van der Waals surface area (Å²) in [5.74, 6) is 0.815. The van der Waals surface area contributed by atoms with Crippen LogP contribution in [0, 0.1) is 11.8 Å². The quantitative estimate of drug-likeness (QED) is 0.752. The highest BCUT2D eigenvalue weighted by molar-refractivity contribution is 5.81. The molecule has 0 N–H and O–H groups in total. The van der Waals surface area contributed by atoms with Crippen LogP contribution in [0.3, 0.4) is 0 Å². The first-order chi connectivity index (χ1) is 7.22. The van der Waals surface area contributed by atoms with Gasteiger partial charge in [0.05, 0.1) is 5.69 Å². The van der Waals surface area contributed by atoms with Gasteiger partial charge in [0.15, 0.2) is 6.39 Å². The smallest absolute Gasteiger partial charge is 0.225 e. The van der Waals surface area contributed by atoms with Gasteiger partial charge in [0, 0.05) is 19.5 Å². The lowest BCUT2D eigenvalue weighted by Gasteiger charge is -2.12. The molecule has 2 unspecified atom stereocenters. The molecule has 1 aromatic heterocycles. The molecule has 0 bridgehead atoms. The van der Waals surface area contributed by atoms with Crippen LogP contribution in [-0.2, 0) is 11.2 Å². The second-order valence-electron chi connectivity index (χ2n) is 4.18. The number of oxazole rings is 1. The van der Waals surface area contributed by atoms with Crippen molar-refractivity contribution in [2.24, 2.45) is 11.8 Å². The molecule has 4 nitrogen and oxygen atoms in total. The van der Waals surface area contributed by atoms with Crippen molar-refractivity contribution in [1.29, 1.82) is 0 Å². The number of likely N-dealkylation sites (tertiary alicyclic amines) is 1. The molecule has 0 saturated carbocycles. The van der Waals surface area contributed by atoms with E-state index in [1.807, 2.05) is 11.9 Å². The van der Waals surface area contributed by atoms with Crippen molar-refractivity contribution in [3.05, 3.63) is 18.4 Å². The Balaban J connectivity index is 2.06. The minimum absolute atomic E-state index is 0.159. The van der Waals surface area contributed by atoms with Crippen LogP contribution in [0.4, 0.5) is 0 Å². The third-order valence-electron chi connectivity index (χ3n) is 3.17. The zero-order valence-electron chi connectivity index (χ0n) is 9.14. The lowest BCUT2D eigenvalue weighted by molar-refractivity contribution is -0.130.